The lowest BCUT2D eigenvalue weighted by Gasteiger charge is -2.13. The second-order valence-electron chi connectivity index (χ2n) is 7.89. The number of ketones is 1. The SMILES string of the molecule is CCCCCC[C@@H](O)C/C=C\CCCCCCC(C(C)=O)C(=O)OCCCC. The molecule has 0 aromatic carbocycles. The van der Waals surface area contributed by atoms with Gasteiger partial charge in [-0.2, -0.15) is 0 Å². The molecule has 4 heteroatoms. The maximum atomic E-state index is 12.0. The van der Waals surface area contributed by atoms with Crippen LogP contribution in [0.25, 0.3) is 0 Å². The van der Waals surface area contributed by atoms with Crippen LogP contribution in [0.2, 0.25) is 0 Å². The summed E-state index contributed by atoms with van der Waals surface area (Å²) >= 11 is 0. The van der Waals surface area contributed by atoms with Gasteiger partial charge in [-0.15, -0.1) is 0 Å². The van der Waals surface area contributed by atoms with E-state index in [9.17, 15) is 14.7 Å². The summed E-state index contributed by atoms with van der Waals surface area (Å²) in [6.45, 7) is 6.14. The standard InChI is InChI=1S/C24H44O4/c1-4-6-8-14-17-22(26)18-15-12-10-9-11-13-16-19-23(21(3)25)24(27)28-20-7-5-2/h12,15,22-23,26H,4-11,13-14,16-20H2,1-3H3/b15-12-/t22-,23?/m1/s1. The lowest BCUT2D eigenvalue weighted by atomic mass is 9.97. The van der Waals surface area contributed by atoms with Gasteiger partial charge in [-0.05, 0) is 45.4 Å². The van der Waals surface area contributed by atoms with Gasteiger partial charge in [0.1, 0.15) is 11.7 Å². The molecule has 0 aliphatic carbocycles. The van der Waals surface area contributed by atoms with Crippen molar-refractivity contribution in [3.05, 3.63) is 12.2 Å². The first-order valence-corrected chi connectivity index (χ1v) is 11.5. The molecule has 0 heterocycles. The molecular weight excluding hydrogens is 352 g/mol. The van der Waals surface area contributed by atoms with E-state index in [1.807, 2.05) is 6.92 Å². The van der Waals surface area contributed by atoms with Gasteiger partial charge in [0.25, 0.3) is 0 Å². The van der Waals surface area contributed by atoms with Crippen molar-refractivity contribution in [2.75, 3.05) is 6.61 Å². The zero-order valence-corrected chi connectivity index (χ0v) is 18.6. The second kappa shape index (κ2) is 19.2. The molecule has 0 rings (SSSR count). The number of carbonyl (C=O) groups is 2. The molecule has 0 aliphatic heterocycles. The van der Waals surface area contributed by atoms with Crippen molar-refractivity contribution in [2.45, 2.75) is 117 Å². The first kappa shape index (κ1) is 26.8. The molecule has 0 saturated carbocycles. The number of unbranched alkanes of at least 4 members (excludes halogenated alkanes) is 8. The fourth-order valence-corrected chi connectivity index (χ4v) is 3.16. The lowest BCUT2D eigenvalue weighted by Crippen LogP contribution is -2.24. The van der Waals surface area contributed by atoms with E-state index >= 15 is 0 Å². The molecule has 0 amide bonds. The summed E-state index contributed by atoms with van der Waals surface area (Å²) in [5.41, 5.74) is 0. The number of aliphatic hydroxyl groups is 1. The second-order valence-corrected chi connectivity index (χ2v) is 7.89. The number of carbonyl (C=O) groups excluding carboxylic acids is 2. The number of aliphatic hydroxyl groups excluding tert-OH is 1. The molecule has 0 fully saturated rings. The minimum absolute atomic E-state index is 0.0855. The fourth-order valence-electron chi connectivity index (χ4n) is 3.16. The highest BCUT2D eigenvalue weighted by molar-refractivity contribution is 5.97. The largest absolute Gasteiger partial charge is 0.465 e. The summed E-state index contributed by atoms with van der Waals surface area (Å²) in [7, 11) is 0. The minimum atomic E-state index is -0.587. The molecule has 1 unspecified atom stereocenters. The van der Waals surface area contributed by atoms with E-state index in [-0.39, 0.29) is 17.9 Å². The number of esters is 1. The van der Waals surface area contributed by atoms with Gasteiger partial charge in [0.05, 0.1) is 12.7 Å². The van der Waals surface area contributed by atoms with Crippen LogP contribution < -0.4 is 0 Å². The smallest absolute Gasteiger partial charge is 0.316 e. The van der Waals surface area contributed by atoms with Crippen LogP contribution in [0.4, 0.5) is 0 Å². The van der Waals surface area contributed by atoms with E-state index in [1.165, 1.54) is 26.2 Å². The van der Waals surface area contributed by atoms with E-state index < -0.39 is 5.92 Å². The van der Waals surface area contributed by atoms with Crippen molar-refractivity contribution in [1.82, 2.24) is 0 Å². The number of hydrogen-bond acceptors (Lipinski definition) is 4. The molecule has 4 nitrogen and oxygen atoms in total. The predicted molar refractivity (Wildman–Crippen MR) is 116 cm³/mol. The van der Waals surface area contributed by atoms with Crippen LogP contribution in [-0.2, 0) is 14.3 Å². The van der Waals surface area contributed by atoms with Crippen molar-refractivity contribution in [3.8, 4) is 0 Å². The Hall–Kier alpha value is -1.16. The van der Waals surface area contributed by atoms with Crippen molar-refractivity contribution in [2.24, 2.45) is 5.92 Å². The zero-order chi connectivity index (χ0) is 21.0. The van der Waals surface area contributed by atoms with Crippen LogP contribution in [0.3, 0.4) is 0 Å². The molecule has 0 aromatic rings. The fraction of sp³-hybridized carbons (Fsp3) is 0.833. The Kier molecular flexibility index (Phi) is 18.4. The Morgan fingerprint density at radius 2 is 1.50 bits per heavy atom. The first-order valence-electron chi connectivity index (χ1n) is 11.5. The van der Waals surface area contributed by atoms with E-state index in [4.69, 9.17) is 4.74 Å². The van der Waals surface area contributed by atoms with Crippen molar-refractivity contribution in [3.63, 3.8) is 0 Å². The molecule has 0 saturated heterocycles. The maximum Gasteiger partial charge on any atom is 0.316 e. The minimum Gasteiger partial charge on any atom is -0.465 e. The average Bonchev–Trinajstić information content (AvgIpc) is 2.66. The third kappa shape index (κ3) is 15.9. The summed E-state index contributed by atoms with van der Waals surface area (Å²) in [6.07, 6.45) is 18.1. The highest BCUT2D eigenvalue weighted by Crippen LogP contribution is 2.15. The third-order valence-corrected chi connectivity index (χ3v) is 5.10. The molecule has 0 spiro atoms. The van der Waals surface area contributed by atoms with Gasteiger partial charge >= 0.3 is 5.97 Å². The van der Waals surface area contributed by atoms with Crippen LogP contribution in [-0.4, -0.2) is 29.6 Å². The summed E-state index contributed by atoms with van der Waals surface area (Å²) in [5, 5.41) is 9.91. The molecule has 0 aliphatic rings. The average molecular weight is 397 g/mol. The van der Waals surface area contributed by atoms with Crippen LogP contribution in [0, 0.1) is 5.92 Å². The Bertz CT molecular complexity index is 417. The number of Topliss-reactive ketones (excluding diaryl/α,β-unsaturated/α-hetero) is 1. The number of ether oxygens (including phenoxy) is 1. The third-order valence-electron chi connectivity index (χ3n) is 5.10. The number of allylic oxidation sites excluding steroid dienone is 1. The van der Waals surface area contributed by atoms with Gasteiger partial charge in [0.2, 0.25) is 0 Å². The van der Waals surface area contributed by atoms with Gasteiger partial charge in [-0.3, -0.25) is 9.59 Å². The molecule has 164 valence electrons. The van der Waals surface area contributed by atoms with Gasteiger partial charge in [0, 0.05) is 0 Å². The lowest BCUT2D eigenvalue weighted by molar-refractivity contribution is -0.152. The van der Waals surface area contributed by atoms with Gasteiger partial charge < -0.3 is 9.84 Å². The summed E-state index contributed by atoms with van der Waals surface area (Å²) in [5.74, 6) is -1.02. The summed E-state index contributed by atoms with van der Waals surface area (Å²) in [4.78, 5) is 23.7. The maximum absolute atomic E-state index is 12.0. The molecule has 0 bridgehead atoms. The van der Waals surface area contributed by atoms with Crippen LogP contribution in [0.15, 0.2) is 12.2 Å². The monoisotopic (exact) mass is 396 g/mol. The quantitative estimate of drug-likeness (QED) is 0.123. The van der Waals surface area contributed by atoms with E-state index in [0.29, 0.717) is 13.0 Å². The van der Waals surface area contributed by atoms with Crippen LogP contribution in [0.5, 0.6) is 0 Å². The van der Waals surface area contributed by atoms with Crippen LogP contribution in [0.1, 0.15) is 111 Å². The number of rotatable bonds is 19. The molecule has 0 aromatic heterocycles. The van der Waals surface area contributed by atoms with E-state index in [2.05, 4.69) is 19.1 Å². The highest BCUT2D eigenvalue weighted by Gasteiger charge is 2.24. The summed E-state index contributed by atoms with van der Waals surface area (Å²) in [6, 6.07) is 0. The predicted octanol–water partition coefficient (Wildman–Crippen LogP) is 6.15. The molecule has 2 atom stereocenters. The molecular formula is C24H44O4. The number of hydrogen-bond donors (Lipinski definition) is 1. The van der Waals surface area contributed by atoms with Crippen molar-refractivity contribution < 1.29 is 19.4 Å². The highest BCUT2D eigenvalue weighted by atomic mass is 16.5. The summed E-state index contributed by atoms with van der Waals surface area (Å²) < 4.78 is 5.19. The van der Waals surface area contributed by atoms with Crippen molar-refractivity contribution >= 4 is 11.8 Å². The van der Waals surface area contributed by atoms with Crippen molar-refractivity contribution in [1.29, 1.82) is 0 Å². The zero-order valence-electron chi connectivity index (χ0n) is 18.6. The Balaban J connectivity index is 3.72. The molecule has 1 N–H and O–H groups in total. The Morgan fingerprint density at radius 3 is 2.18 bits per heavy atom. The Morgan fingerprint density at radius 1 is 0.857 bits per heavy atom. The van der Waals surface area contributed by atoms with Gasteiger partial charge in [-0.25, -0.2) is 0 Å². The first-order chi connectivity index (χ1) is 13.5. The molecule has 0 radical (unpaired) electrons. The van der Waals surface area contributed by atoms with Gasteiger partial charge in [-0.1, -0.05) is 77.4 Å². The Labute approximate surface area is 173 Å². The topological polar surface area (TPSA) is 63.6 Å². The van der Waals surface area contributed by atoms with Gasteiger partial charge in [0.15, 0.2) is 0 Å². The van der Waals surface area contributed by atoms with E-state index in [0.717, 1.165) is 64.2 Å². The van der Waals surface area contributed by atoms with Crippen LogP contribution >= 0.6 is 0 Å². The normalized spacial score (nSPS) is 13.6. The molecule has 28 heavy (non-hydrogen) atoms. The van der Waals surface area contributed by atoms with E-state index in [1.54, 1.807) is 0 Å².